The Balaban J connectivity index is 1.42. The van der Waals surface area contributed by atoms with Crippen LogP contribution in [0.2, 0.25) is 0 Å². The van der Waals surface area contributed by atoms with Crippen LogP contribution < -0.4 is 5.32 Å². The number of hydrogen-bond acceptors (Lipinski definition) is 3. The van der Waals surface area contributed by atoms with Crippen molar-refractivity contribution in [3.8, 4) is 11.1 Å². The van der Waals surface area contributed by atoms with Gasteiger partial charge in [-0.3, -0.25) is 4.79 Å². The highest BCUT2D eigenvalue weighted by Gasteiger charge is 2.25. The van der Waals surface area contributed by atoms with Gasteiger partial charge in [-0.1, -0.05) is 75.6 Å². The Labute approximate surface area is 196 Å². The summed E-state index contributed by atoms with van der Waals surface area (Å²) in [5, 5.41) is 6.16. The molecule has 1 aliphatic carbocycles. The zero-order chi connectivity index (χ0) is 22.3. The molecule has 0 saturated heterocycles. The van der Waals surface area contributed by atoms with Crippen LogP contribution in [0.3, 0.4) is 0 Å². The summed E-state index contributed by atoms with van der Waals surface area (Å²) in [6, 6.07) is 16.5. The van der Waals surface area contributed by atoms with Gasteiger partial charge in [0.2, 0.25) is 0 Å². The number of hydrogen-bond donors (Lipinski definition) is 1. The monoisotopic (exact) mass is 446 g/mol. The molecule has 1 fully saturated rings. The van der Waals surface area contributed by atoms with Gasteiger partial charge < -0.3 is 5.32 Å². The predicted molar refractivity (Wildman–Crippen MR) is 136 cm³/mol. The molecule has 1 N–H and O–H groups in total. The van der Waals surface area contributed by atoms with E-state index in [9.17, 15) is 4.79 Å². The molecule has 4 rings (SSSR count). The maximum absolute atomic E-state index is 13.0. The van der Waals surface area contributed by atoms with E-state index in [1.165, 1.54) is 50.5 Å². The second kappa shape index (κ2) is 10.9. The van der Waals surface area contributed by atoms with Crippen LogP contribution in [0.25, 0.3) is 11.1 Å². The number of aryl methyl sites for hydroxylation is 1. The fourth-order valence-corrected chi connectivity index (χ4v) is 5.69. The fraction of sp³-hybridized carbons (Fsp3) is 0.429. The Hall–Kier alpha value is -2.46. The van der Waals surface area contributed by atoms with E-state index in [0.717, 1.165) is 34.2 Å². The van der Waals surface area contributed by atoms with E-state index in [1.807, 2.05) is 23.6 Å². The van der Waals surface area contributed by atoms with Crippen molar-refractivity contribution >= 4 is 22.9 Å². The van der Waals surface area contributed by atoms with Gasteiger partial charge in [0, 0.05) is 22.5 Å². The van der Waals surface area contributed by atoms with Gasteiger partial charge >= 0.3 is 0 Å². The number of unbranched alkanes of at least 4 members (excludes halogenated alkanes) is 1. The van der Waals surface area contributed by atoms with Crippen molar-refractivity contribution in [2.45, 2.75) is 71.1 Å². The van der Waals surface area contributed by atoms with Gasteiger partial charge in [-0.15, -0.1) is 11.3 Å². The lowest BCUT2D eigenvalue weighted by Gasteiger charge is -2.27. The Kier molecular flexibility index (Phi) is 7.75. The summed E-state index contributed by atoms with van der Waals surface area (Å²) in [5.41, 5.74) is 4.81. The fourth-order valence-electron chi connectivity index (χ4n) is 4.72. The number of rotatable bonds is 8. The third-order valence-electron chi connectivity index (χ3n) is 6.76. The first-order valence-electron chi connectivity index (χ1n) is 12.1. The molecule has 168 valence electrons. The van der Waals surface area contributed by atoms with Crippen molar-refractivity contribution in [1.29, 1.82) is 0 Å². The summed E-state index contributed by atoms with van der Waals surface area (Å²) < 4.78 is 0. The van der Waals surface area contributed by atoms with Crippen LogP contribution in [0.4, 0.5) is 5.69 Å². The SMILES string of the molecule is CCCCC1CCC(c2nc(C(=O)Nc3ccccc3-c3ccc(CC)cc3)cs2)CC1. The molecule has 0 bridgehead atoms. The minimum Gasteiger partial charge on any atom is -0.320 e. The standard InChI is InChI=1S/C28H34N2OS/c1-3-5-8-21-13-17-23(18-14-21)28-30-26(19-32-28)27(31)29-25-10-7-6-9-24(25)22-15-11-20(4-2)12-16-22/h6-7,9-12,15-16,19,21,23H,3-5,8,13-14,17-18H2,1-2H3,(H,29,31). The molecule has 0 aliphatic heterocycles. The summed E-state index contributed by atoms with van der Waals surface area (Å²) in [6.45, 7) is 4.43. The van der Waals surface area contributed by atoms with E-state index in [2.05, 4.69) is 49.5 Å². The van der Waals surface area contributed by atoms with Gasteiger partial charge in [-0.2, -0.15) is 0 Å². The lowest BCUT2D eigenvalue weighted by Crippen LogP contribution is -2.15. The summed E-state index contributed by atoms with van der Waals surface area (Å²) in [6.07, 6.45) is 10.0. The molecule has 3 nitrogen and oxygen atoms in total. The number of thiazole rings is 1. The quantitative estimate of drug-likeness (QED) is 0.380. The van der Waals surface area contributed by atoms with Crippen LogP contribution in [0.5, 0.6) is 0 Å². The number of amides is 1. The van der Waals surface area contributed by atoms with E-state index in [1.54, 1.807) is 11.3 Å². The molecule has 1 aromatic heterocycles. The summed E-state index contributed by atoms with van der Waals surface area (Å²) >= 11 is 1.65. The molecular formula is C28H34N2OS. The van der Waals surface area contributed by atoms with Crippen molar-refractivity contribution < 1.29 is 4.79 Å². The molecular weight excluding hydrogens is 412 g/mol. The van der Waals surface area contributed by atoms with Crippen LogP contribution in [-0.4, -0.2) is 10.9 Å². The largest absolute Gasteiger partial charge is 0.320 e. The molecule has 0 atom stereocenters. The highest BCUT2D eigenvalue weighted by atomic mass is 32.1. The first kappa shape index (κ1) is 22.7. The molecule has 32 heavy (non-hydrogen) atoms. The van der Waals surface area contributed by atoms with Crippen LogP contribution in [0, 0.1) is 5.92 Å². The Morgan fingerprint density at radius 3 is 2.50 bits per heavy atom. The molecule has 1 amide bonds. The van der Waals surface area contributed by atoms with Gasteiger partial charge in [-0.25, -0.2) is 4.98 Å². The average molecular weight is 447 g/mol. The van der Waals surface area contributed by atoms with E-state index >= 15 is 0 Å². The number of carbonyl (C=O) groups excluding carboxylic acids is 1. The van der Waals surface area contributed by atoms with E-state index in [0.29, 0.717) is 11.6 Å². The first-order valence-corrected chi connectivity index (χ1v) is 13.0. The molecule has 0 radical (unpaired) electrons. The van der Waals surface area contributed by atoms with Crippen molar-refractivity contribution in [2.24, 2.45) is 5.92 Å². The minimum absolute atomic E-state index is 0.123. The van der Waals surface area contributed by atoms with Gasteiger partial charge in [0.15, 0.2) is 0 Å². The zero-order valence-corrected chi connectivity index (χ0v) is 20.1. The molecule has 4 heteroatoms. The van der Waals surface area contributed by atoms with Crippen LogP contribution in [-0.2, 0) is 6.42 Å². The molecule has 1 heterocycles. The molecule has 1 aliphatic rings. The number of aromatic nitrogens is 1. The number of anilines is 1. The van der Waals surface area contributed by atoms with Crippen molar-refractivity contribution in [3.63, 3.8) is 0 Å². The normalized spacial score (nSPS) is 18.4. The van der Waals surface area contributed by atoms with Crippen LogP contribution >= 0.6 is 11.3 Å². The van der Waals surface area contributed by atoms with E-state index in [4.69, 9.17) is 4.98 Å². The number of para-hydroxylation sites is 1. The second-order valence-electron chi connectivity index (χ2n) is 8.98. The third-order valence-corrected chi connectivity index (χ3v) is 7.77. The number of nitrogens with zero attached hydrogens (tertiary/aromatic N) is 1. The lowest BCUT2D eigenvalue weighted by molar-refractivity contribution is 0.102. The van der Waals surface area contributed by atoms with Gasteiger partial charge in [-0.05, 0) is 55.2 Å². The topological polar surface area (TPSA) is 42.0 Å². The predicted octanol–water partition coefficient (Wildman–Crippen LogP) is 8.09. The number of nitrogens with one attached hydrogen (secondary N) is 1. The maximum Gasteiger partial charge on any atom is 0.275 e. The third kappa shape index (κ3) is 5.47. The minimum atomic E-state index is -0.123. The summed E-state index contributed by atoms with van der Waals surface area (Å²) in [7, 11) is 0. The highest BCUT2D eigenvalue weighted by Crippen LogP contribution is 2.39. The van der Waals surface area contributed by atoms with Gasteiger partial charge in [0.1, 0.15) is 5.69 Å². The number of carbonyl (C=O) groups is 1. The Morgan fingerprint density at radius 1 is 1.03 bits per heavy atom. The molecule has 3 aromatic rings. The number of benzene rings is 2. The van der Waals surface area contributed by atoms with E-state index < -0.39 is 0 Å². The van der Waals surface area contributed by atoms with Gasteiger partial charge in [0.25, 0.3) is 5.91 Å². The lowest BCUT2D eigenvalue weighted by atomic mass is 9.80. The van der Waals surface area contributed by atoms with E-state index in [-0.39, 0.29) is 5.91 Å². The van der Waals surface area contributed by atoms with Gasteiger partial charge in [0.05, 0.1) is 5.01 Å². The Morgan fingerprint density at radius 2 is 1.78 bits per heavy atom. The van der Waals surface area contributed by atoms with Crippen LogP contribution in [0.1, 0.15) is 85.8 Å². The molecule has 0 unspecified atom stereocenters. The summed E-state index contributed by atoms with van der Waals surface area (Å²) in [5.74, 6) is 1.28. The molecule has 0 spiro atoms. The van der Waals surface area contributed by atoms with Crippen molar-refractivity contribution in [1.82, 2.24) is 4.98 Å². The second-order valence-corrected chi connectivity index (χ2v) is 9.87. The summed E-state index contributed by atoms with van der Waals surface area (Å²) in [4.78, 5) is 17.7. The molecule has 2 aromatic carbocycles. The van der Waals surface area contributed by atoms with Crippen molar-refractivity contribution in [3.05, 3.63) is 70.2 Å². The average Bonchev–Trinajstić information content (AvgIpc) is 3.34. The smallest absolute Gasteiger partial charge is 0.275 e. The Bertz CT molecular complexity index is 1020. The first-order chi connectivity index (χ1) is 15.7. The zero-order valence-electron chi connectivity index (χ0n) is 19.3. The van der Waals surface area contributed by atoms with Crippen LogP contribution in [0.15, 0.2) is 53.9 Å². The van der Waals surface area contributed by atoms with Crippen molar-refractivity contribution in [2.75, 3.05) is 5.32 Å². The molecule has 1 saturated carbocycles. The highest BCUT2D eigenvalue weighted by molar-refractivity contribution is 7.10. The maximum atomic E-state index is 13.0.